The summed E-state index contributed by atoms with van der Waals surface area (Å²) in [6, 6.07) is 8.75. The van der Waals surface area contributed by atoms with Crippen molar-refractivity contribution < 1.29 is 13.5 Å². The molecule has 0 spiro atoms. The number of nitrogens with zero attached hydrogens (tertiary/aromatic N) is 1. The molecule has 0 aliphatic carbocycles. The lowest BCUT2D eigenvalue weighted by Gasteiger charge is -2.15. The monoisotopic (exact) mass is 393 g/mol. The zero-order valence-corrected chi connectivity index (χ0v) is 16.4. The molecule has 0 aliphatic rings. The first kappa shape index (κ1) is 20.2. The summed E-state index contributed by atoms with van der Waals surface area (Å²) in [5, 5.41) is 13.0. The van der Waals surface area contributed by atoms with Crippen molar-refractivity contribution in [3.05, 3.63) is 82.7 Å². The Morgan fingerprint density at radius 3 is 2.66 bits per heavy atom. The molecule has 0 aliphatic heterocycles. The van der Waals surface area contributed by atoms with Gasteiger partial charge in [-0.15, -0.1) is 0 Å². The Morgan fingerprint density at radius 1 is 1.17 bits per heavy atom. The molecule has 2 N–H and O–H groups in total. The van der Waals surface area contributed by atoms with Gasteiger partial charge in [-0.1, -0.05) is 11.6 Å². The number of allylic oxidation sites excluding steroid dienone is 4. The molecular weight excluding hydrogens is 372 g/mol. The van der Waals surface area contributed by atoms with Gasteiger partial charge in [-0.2, -0.15) is 5.26 Å². The molecule has 6 heteroatoms. The normalized spacial score (nSPS) is 11.2. The van der Waals surface area contributed by atoms with Crippen LogP contribution in [0.5, 0.6) is 11.5 Å². The van der Waals surface area contributed by atoms with E-state index in [9.17, 15) is 8.78 Å². The van der Waals surface area contributed by atoms with E-state index in [1.54, 1.807) is 19.3 Å². The highest BCUT2D eigenvalue weighted by Crippen LogP contribution is 2.36. The highest BCUT2D eigenvalue weighted by atomic mass is 19.1. The van der Waals surface area contributed by atoms with Crippen molar-refractivity contribution >= 4 is 10.9 Å². The molecule has 0 saturated heterocycles. The number of fused-ring (bicyclic) bond motifs is 1. The topological polar surface area (TPSA) is 60.8 Å². The number of ether oxygens (including phenoxy) is 1. The minimum Gasteiger partial charge on any atom is -0.454 e. The zero-order chi connectivity index (χ0) is 21.0. The summed E-state index contributed by atoms with van der Waals surface area (Å²) in [7, 11) is 1.80. The molecule has 0 bridgehead atoms. The Balaban J connectivity index is 2.10. The highest BCUT2D eigenvalue weighted by molar-refractivity contribution is 5.86. The molecule has 0 atom stereocenters. The number of hydrogen-bond acceptors (Lipinski definition) is 3. The van der Waals surface area contributed by atoms with Gasteiger partial charge in [0.1, 0.15) is 17.6 Å². The first-order valence-electron chi connectivity index (χ1n) is 9.10. The number of rotatable bonds is 6. The van der Waals surface area contributed by atoms with Crippen LogP contribution < -0.4 is 10.1 Å². The summed E-state index contributed by atoms with van der Waals surface area (Å²) in [6.45, 7) is 3.98. The van der Waals surface area contributed by atoms with Crippen LogP contribution >= 0.6 is 0 Å². The van der Waals surface area contributed by atoms with Crippen molar-refractivity contribution in [2.24, 2.45) is 0 Å². The van der Waals surface area contributed by atoms with Crippen LogP contribution in [0.4, 0.5) is 8.78 Å². The number of benzene rings is 2. The predicted octanol–water partition coefficient (Wildman–Crippen LogP) is 5.72. The van der Waals surface area contributed by atoms with E-state index in [2.05, 4.69) is 10.3 Å². The smallest absolute Gasteiger partial charge is 0.168 e. The third-order valence-electron chi connectivity index (χ3n) is 4.45. The fraction of sp³-hybridized carbons (Fsp3) is 0.174. The predicted molar refractivity (Wildman–Crippen MR) is 110 cm³/mol. The number of likely N-dealkylation sites (N-methyl/N-ethyl adjacent to an activating group) is 1. The lowest BCUT2D eigenvalue weighted by Crippen LogP contribution is -2.10. The van der Waals surface area contributed by atoms with E-state index in [-0.39, 0.29) is 17.1 Å². The summed E-state index contributed by atoms with van der Waals surface area (Å²) in [4.78, 5) is 3.02. The maximum Gasteiger partial charge on any atom is 0.168 e. The molecule has 3 rings (SSSR count). The molecule has 0 unspecified atom stereocenters. The standard InChI is InChI=1S/C23H21F2N3O/c1-14(2)4-5-16(27-3)11-19-18-8-9-28-22(18)12-21(25)23(19)29-17-6-7-20(24)15(10-17)13-26/h4-10,12,27-28H,11H2,1-3H3/b16-5-. The molecule has 4 nitrogen and oxygen atoms in total. The van der Waals surface area contributed by atoms with Crippen molar-refractivity contribution in [3.8, 4) is 17.6 Å². The zero-order valence-electron chi connectivity index (χ0n) is 16.4. The third-order valence-corrected chi connectivity index (χ3v) is 4.45. The summed E-state index contributed by atoms with van der Waals surface area (Å²) in [6.07, 6.45) is 6.04. The molecule has 3 aromatic rings. The van der Waals surface area contributed by atoms with Crippen molar-refractivity contribution in [2.45, 2.75) is 20.3 Å². The van der Waals surface area contributed by atoms with E-state index >= 15 is 0 Å². The van der Waals surface area contributed by atoms with Crippen molar-refractivity contribution in [2.75, 3.05) is 7.05 Å². The van der Waals surface area contributed by atoms with Crippen molar-refractivity contribution in [3.63, 3.8) is 0 Å². The molecule has 2 aromatic carbocycles. The lowest BCUT2D eigenvalue weighted by atomic mass is 10.0. The van der Waals surface area contributed by atoms with Gasteiger partial charge in [0.15, 0.2) is 11.6 Å². The molecule has 0 radical (unpaired) electrons. The fourth-order valence-electron chi connectivity index (χ4n) is 2.97. The largest absolute Gasteiger partial charge is 0.454 e. The van der Waals surface area contributed by atoms with Crippen LogP contribution in [0.1, 0.15) is 25.0 Å². The number of H-pyrrole nitrogens is 1. The van der Waals surface area contributed by atoms with Gasteiger partial charge < -0.3 is 15.0 Å². The first-order valence-corrected chi connectivity index (χ1v) is 9.10. The average Bonchev–Trinajstić information content (AvgIpc) is 3.16. The number of aromatic nitrogens is 1. The van der Waals surface area contributed by atoms with Crippen molar-refractivity contribution in [1.82, 2.24) is 10.3 Å². The van der Waals surface area contributed by atoms with E-state index < -0.39 is 11.6 Å². The van der Waals surface area contributed by atoms with Crippen LogP contribution in [0.15, 0.2) is 60.0 Å². The molecule has 0 amide bonds. The van der Waals surface area contributed by atoms with Crippen LogP contribution in [0.25, 0.3) is 10.9 Å². The summed E-state index contributed by atoms with van der Waals surface area (Å²) < 4.78 is 34.4. The SMILES string of the molecule is CN/C(=C\C=C(C)C)Cc1c(Oc2ccc(F)c(C#N)c2)c(F)cc2[nH]ccc12. The quantitative estimate of drug-likeness (QED) is 0.527. The molecule has 148 valence electrons. The van der Waals surface area contributed by atoms with Gasteiger partial charge in [0.2, 0.25) is 0 Å². The molecule has 1 heterocycles. The second-order valence-corrected chi connectivity index (χ2v) is 6.82. The molecule has 0 fully saturated rings. The van der Waals surface area contributed by atoms with Crippen LogP contribution in [-0.2, 0) is 6.42 Å². The summed E-state index contributed by atoms with van der Waals surface area (Å²) in [5.41, 5.74) is 3.15. The van der Waals surface area contributed by atoms with Crippen LogP contribution in [-0.4, -0.2) is 12.0 Å². The summed E-state index contributed by atoms with van der Waals surface area (Å²) >= 11 is 0. The number of hydrogen-bond donors (Lipinski definition) is 2. The van der Waals surface area contributed by atoms with Gasteiger partial charge in [-0.05, 0) is 38.1 Å². The third kappa shape index (κ3) is 4.46. The van der Waals surface area contributed by atoms with E-state index in [0.29, 0.717) is 17.5 Å². The van der Waals surface area contributed by atoms with Crippen LogP contribution in [0.2, 0.25) is 0 Å². The molecule has 1 aromatic heterocycles. The minimum absolute atomic E-state index is 0.0472. The number of aromatic amines is 1. The Labute approximate surface area is 168 Å². The van der Waals surface area contributed by atoms with Gasteiger partial charge in [0, 0.05) is 54.0 Å². The van der Waals surface area contributed by atoms with Gasteiger partial charge in [-0.25, -0.2) is 8.78 Å². The van der Waals surface area contributed by atoms with E-state index in [4.69, 9.17) is 10.00 Å². The first-order chi connectivity index (χ1) is 13.9. The van der Waals surface area contributed by atoms with Crippen molar-refractivity contribution in [1.29, 1.82) is 5.26 Å². The number of nitrogens with one attached hydrogen (secondary N) is 2. The van der Waals surface area contributed by atoms with Gasteiger partial charge >= 0.3 is 0 Å². The van der Waals surface area contributed by atoms with Crippen LogP contribution in [0, 0.1) is 23.0 Å². The Kier molecular flexibility index (Phi) is 5.99. The molecular formula is C23H21F2N3O. The number of nitriles is 1. The Bertz CT molecular complexity index is 1150. The van der Waals surface area contributed by atoms with E-state index in [1.165, 1.54) is 18.2 Å². The van der Waals surface area contributed by atoms with Gasteiger partial charge in [0.05, 0.1) is 5.56 Å². The van der Waals surface area contributed by atoms with Crippen LogP contribution in [0.3, 0.4) is 0 Å². The van der Waals surface area contributed by atoms with E-state index in [0.717, 1.165) is 22.7 Å². The average molecular weight is 393 g/mol. The fourth-order valence-corrected chi connectivity index (χ4v) is 2.97. The lowest BCUT2D eigenvalue weighted by molar-refractivity contribution is 0.437. The second-order valence-electron chi connectivity index (χ2n) is 6.82. The molecule has 29 heavy (non-hydrogen) atoms. The second kappa shape index (κ2) is 8.61. The van der Waals surface area contributed by atoms with E-state index in [1.807, 2.05) is 32.1 Å². The number of halogens is 2. The Hall–Kier alpha value is -3.59. The van der Waals surface area contributed by atoms with Gasteiger partial charge in [0.25, 0.3) is 0 Å². The maximum atomic E-state index is 14.9. The van der Waals surface area contributed by atoms with Gasteiger partial charge in [-0.3, -0.25) is 0 Å². The highest BCUT2D eigenvalue weighted by Gasteiger charge is 2.18. The minimum atomic E-state index is -0.649. The molecule has 0 saturated carbocycles. The summed E-state index contributed by atoms with van der Waals surface area (Å²) in [5.74, 6) is -0.956. The Morgan fingerprint density at radius 2 is 1.97 bits per heavy atom. The maximum absolute atomic E-state index is 14.9.